The van der Waals surface area contributed by atoms with Crippen LogP contribution in [-0.2, 0) is 28.6 Å². The topological polar surface area (TPSA) is 138 Å². The van der Waals surface area contributed by atoms with Crippen LogP contribution in [0.3, 0.4) is 0 Å². The molecule has 0 bridgehead atoms. The standard InChI is InChI=1S/C26H40N2O8/c1-3-5-6-7-8-9-10-11-12-13-14-15-16-17-20(29)22-23(30)21(36-24(22)31)18-35-26(33)28-19-27-25(32)34-4-2/h21-22H,3-18H2,1-2H3/t21-,22?/m1/s1. The number of carbonyl (C=O) groups excluding carboxylic acids is 5. The van der Waals surface area contributed by atoms with Gasteiger partial charge in [-0.05, 0) is 13.3 Å². The molecule has 1 saturated heterocycles. The van der Waals surface area contributed by atoms with E-state index in [0.29, 0.717) is 6.42 Å². The molecule has 0 aromatic carbocycles. The molecule has 0 saturated carbocycles. The lowest BCUT2D eigenvalue weighted by molar-refractivity contribution is -0.147. The Kier molecular flexibility index (Phi) is 16.7. The van der Waals surface area contributed by atoms with Crippen LogP contribution >= 0.6 is 0 Å². The van der Waals surface area contributed by atoms with Gasteiger partial charge in [-0.15, -0.1) is 9.98 Å². The average Bonchev–Trinajstić information content (AvgIpc) is 3.13. The molecule has 202 valence electrons. The Morgan fingerprint density at radius 3 is 1.81 bits per heavy atom. The van der Waals surface area contributed by atoms with Crippen molar-refractivity contribution in [1.82, 2.24) is 0 Å². The van der Waals surface area contributed by atoms with Crippen LogP contribution < -0.4 is 0 Å². The van der Waals surface area contributed by atoms with Gasteiger partial charge in [0.05, 0.1) is 6.61 Å². The van der Waals surface area contributed by atoms with Crippen molar-refractivity contribution in [1.29, 1.82) is 0 Å². The van der Waals surface area contributed by atoms with Crippen molar-refractivity contribution in [3.05, 3.63) is 0 Å². The zero-order chi connectivity index (χ0) is 26.6. The predicted molar refractivity (Wildman–Crippen MR) is 132 cm³/mol. The smallest absolute Gasteiger partial charge is 0.443 e. The zero-order valence-corrected chi connectivity index (χ0v) is 21.6. The molecule has 1 aliphatic heterocycles. The SMILES string of the molecule is CCCCCCCCCCCCCCCC(=O)C1C(=O)O[C@H](COC(=O)N=C=NC(=O)OCC)C1=O. The number of hydrogen-bond acceptors (Lipinski definition) is 8. The molecular weight excluding hydrogens is 468 g/mol. The largest absolute Gasteiger partial charge is 0.450 e. The Hall–Kier alpha value is -2.87. The third-order valence-corrected chi connectivity index (χ3v) is 5.85. The number of ketones is 2. The van der Waals surface area contributed by atoms with Gasteiger partial charge in [-0.25, -0.2) is 9.59 Å². The fourth-order valence-corrected chi connectivity index (χ4v) is 3.88. The number of Topliss-reactive ketones (excluding diaryl/α,β-unsaturated/α-hetero) is 2. The van der Waals surface area contributed by atoms with E-state index < -0.39 is 48.4 Å². The van der Waals surface area contributed by atoms with E-state index in [1.165, 1.54) is 57.8 Å². The van der Waals surface area contributed by atoms with E-state index in [1.54, 1.807) is 12.9 Å². The van der Waals surface area contributed by atoms with Crippen LogP contribution in [0.5, 0.6) is 0 Å². The number of rotatable bonds is 18. The van der Waals surface area contributed by atoms with Gasteiger partial charge in [-0.2, -0.15) is 0 Å². The second-order valence-corrected chi connectivity index (χ2v) is 8.82. The maximum Gasteiger partial charge on any atom is 0.443 e. The molecule has 2 atom stereocenters. The lowest BCUT2D eigenvalue weighted by atomic mass is 9.94. The molecule has 0 aromatic rings. The van der Waals surface area contributed by atoms with E-state index in [2.05, 4.69) is 21.6 Å². The first-order valence-corrected chi connectivity index (χ1v) is 13.2. The summed E-state index contributed by atoms with van der Waals surface area (Å²) in [4.78, 5) is 65.5. The van der Waals surface area contributed by atoms with Crippen LogP contribution in [0.25, 0.3) is 0 Å². The second kappa shape index (κ2) is 19.3. The molecule has 2 amide bonds. The minimum atomic E-state index is -1.47. The molecule has 10 heteroatoms. The molecule has 1 fully saturated rings. The molecule has 36 heavy (non-hydrogen) atoms. The fourth-order valence-electron chi connectivity index (χ4n) is 3.88. The van der Waals surface area contributed by atoms with E-state index in [9.17, 15) is 24.0 Å². The molecule has 10 nitrogen and oxygen atoms in total. The number of carbonyl (C=O) groups is 5. The van der Waals surface area contributed by atoms with Crippen LogP contribution in [-0.4, -0.2) is 55.0 Å². The Labute approximate surface area is 213 Å². The maximum atomic E-state index is 12.4. The number of cyclic esters (lactones) is 1. The van der Waals surface area contributed by atoms with Crippen LogP contribution in [0.1, 0.15) is 104 Å². The first kappa shape index (κ1) is 31.2. The van der Waals surface area contributed by atoms with E-state index in [0.717, 1.165) is 19.3 Å². The second-order valence-electron chi connectivity index (χ2n) is 8.82. The molecule has 1 aliphatic rings. The van der Waals surface area contributed by atoms with Crippen molar-refractivity contribution < 1.29 is 38.2 Å². The molecule has 0 aromatic heterocycles. The Balaban J connectivity index is 2.19. The third-order valence-electron chi connectivity index (χ3n) is 5.85. The molecule has 1 heterocycles. The number of esters is 1. The molecule has 0 spiro atoms. The van der Waals surface area contributed by atoms with Gasteiger partial charge in [0.2, 0.25) is 0 Å². The highest BCUT2D eigenvalue weighted by molar-refractivity contribution is 6.21. The number of nitrogens with zero attached hydrogens (tertiary/aromatic N) is 2. The van der Waals surface area contributed by atoms with Gasteiger partial charge >= 0.3 is 18.2 Å². The maximum absolute atomic E-state index is 12.4. The Bertz CT molecular complexity index is 789. The van der Waals surface area contributed by atoms with Crippen molar-refractivity contribution in [3.8, 4) is 0 Å². The Morgan fingerprint density at radius 2 is 1.28 bits per heavy atom. The van der Waals surface area contributed by atoms with Gasteiger partial charge in [-0.1, -0.05) is 84.0 Å². The number of ether oxygens (including phenoxy) is 3. The first-order chi connectivity index (χ1) is 17.4. The summed E-state index contributed by atoms with van der Waals surface area (Å²) in [5.74, 6) is -3.59. The van der Waals surface area contributed by atoms with Crippen LogP contribution in [0, 0.1) is 5.92 Å². The Morgan fingerprint density at radius 1 is 0.778 bits per heavy atom. The van der Waals surface area contributed by atoms with Gasteiger partial charge in [0, 0.05) is 6.42 Å². The fraction of sp³-hybridized carbons (Fsp3) is 0.769. The highest BCUT2D eigenvalue weighted by Gasteiger charge is 2.47. The van der Waals surface area contributed by atoms with E-state index in [1.807, 2.05) is 0 Å². The van der Waals surface area contributed by atoms with Crippen molar-refractivity contribution in [3.63, 3.8) is 0 Å². The van der Waals surface area contributed by atoms with Gasteiger partial charge in [0.15, 0.2) is 23.6 Å². The molecule has 0 N–H and O–H groups in total. The molecular formula is C26H40N2O8. The molecule has 1 unspecified atom stereocenters. The zero-order valence-electron chi connectivity index (χ0n) is 21.6. The van der Waals surface area contributed by atoms with Gasteiger partial charge < -0.3 is 14.2 Å². The highest BCUT2D eigenvalue weighted by atomic mass is 16.6. The molecule has 0 radical (unpaired) electrons. The first-order valence-electron chi connectivity index (χ1n) is 13.2. The van der Waals surface area contributed by atoms with E-state index >= 15 is 0 Å². The summed E-state index contributed by atoms with van der Waals surface area (Å²) in [5, 5.41) is 0. The summed E-state index contributed by atoms with van der Waals surface area (Å²) in [6, 6.07) is 1.80. The van der Waals surface area contributed by atoms with Gasteiger partial charge in [-0.3, -0.25) is 14.4 Å². The number of aliphatic imine (C=N–C) groups is 2. The summed E-state index contributed by atoms with van der Waals surface area (Å²) >= 11 is 0. The lowest BCUT2D eigenvalue weighted by Crippen LogP contribution is -2.30. The van der Waals surface area contributed by atoms with Crippen molar-refractivity contribution in [2.75, 3.05) is 13.2 Å². The quantitative estimate of drug-likeness (QED) is 0.0765. The summed E-state index contributed by atoms with van der Waals surface area (Å²) in [5.41, 5.74) is 0. The van der Waals surface area contributed by atoms with Crippen molar-refractivity contribution >= 4 is 35.7 Å². The summed E-state index contributed by atoms with van der Waals surface area (Å²) in [7, 11) is 0. The van der Waals surface area contributed by atoms with Crippen molar-refractivity contribution in [2.45, 2.75) is 110 Å². The summed E-state index contributed by atoms with van der Waals surface area (Å²) in [6.45, 7) is 3.32. The van der Waals surface area contributed by atoms with Crippen LogP contribution in [0.4, 0.5) is 9.59 Å². The number of hydrogen-bond donors (Lipinski definition) is 0. The number of unbranched alkanes of at least 4 members (excludes halogenated alkanes) is 12. The highest BCUT2D eigenvalue weighted by Crippen LogP contribution is 2.22. The number of amides is 2. The molecule has 1 rings (SSSR count). The minimum Gasteiger partial charge on any atom is -0.450 e. The third kappa shape index (κ3) is 13.3. The van der Waals surface area contributed by atoms with E-state index in [4.69, 9.17) is 9.47 Å². The summed E-state index contributed by atoms with van der Waals surface area (Å²) < 4.78 is 14.1. The average molecular weight is 509 g/mol. The lowest BCUT2D eigenvalue weighted by Gasteiger charge is -2.06. The molecule has 0 aliphatic carbocycles. The predicted octanol–water partition coefficient (Wildman–Crippen LogP) is 5.61. The van der Waals surface area contributed by atoms with E-state index in [-0.39, 0.29) is 13.0 Å². The van der Waals surface area contributed by atoms with Gasteiger partial charge in [0.1, 0.15) is 12.6 Å². The van der Waals surface area contributed by atoms with Gasteiger partial charge in [0.25, 0.3) is 0 Å². The normalized spacial score (nSPS) is 16.7. The minimum absolute atomic E-state index is 0.100. The van der Waals surface area contributed by atoms with Crippen LogP contribution in [0.15, 0.2) is 9.98 Å². The summed E-state index contributed by atoms with van der Waals surface area (Å²) in [6.07, 6.45) is 11.9. The monoisotopic (exact) mass is 508 g/mol. The van der Waals surface area contributed by atoms with Crippen molar-refractivity contribution in [2.24, 2.45) is 15.9 Å². The van der Waals surface area contributed by atoms with Crippen LogP contribution in [0.2, 0.25) is 0 Å².